The van der Waals surface area contributed by atoms with Crippen LogP contribution >= 0.6 is 11.3 Å². The molecule has 0 saturated carbocycles. The normalized spacial score (nSPS) is 23.9. The first-order valence-corrected chi connectivity index (χ1v) is 9.59. The summed E-state index contributed by atoms with van der Waals surface area (Å²) < 4.78 is 5.59. The lowest BCUT2D eigenvalue weighted by Gasteiger charge is -2.37. The van der Waals surface area contributed by atoms with Gasteiger partial charge in [-0.3, -0.25) is 4.90 Å². The second-order valence-electron chi connectivity index (χ2n) is 6.41. The predicted molar refractivity (Wildman–Crippen MR) is 92.9 cm³/mol. The molecule has 128 valence electrons. The summed E-state index contributed by atoms with van der Waals surface area (Å²) in [5.41, 5.74) is 1.38. The fraction of sp³-hybridized carbons (Fsp3) is 0.706. The van der Waals surface area contributed by atoms with E-state index >= 15 is 0 Å². The molecule has 2 amide bonds. The molecule has 1 N–H and O–H groups in total. The third-order valence-electron chi connectivity index (χ3n) is 4.94. The molecule has 23 heavy (non-hydrogen) atoms. The van der Waals surface area contributed by atoms with E-state index in [0.717, 1.165) is 58.6 Å². The summed E-state index contributed by atoms with van der Waals surface area (Å²) in [6.45, 7) is 7.34. The maximum absolute atomic E-state index is 12.2. The van der Waals surface area contributed by atoms with Crippen molar-refractivity contribution in [3.8, 4) is 0 Å². The average Bonchev–Trinajstić information content (AvgIpc) is 3.28. The van der Waals surface area contributed by atoms with Gasteiger partial charge in [0.25, 0.3) is 0 Å². The van der Waals surface area contributed by atoms with E-state index in [1.54, 1.807) is 11.3 Å². The Bertz CT molecular complexity index is 480. The molecule has 2 aliphatic rings. The molecule has 0 spiro atoms. The lowest BCUT2D eigenvalue weighted by Crippen LogP contribution is -2.52. The number of ether oxygens (including phenoxy) is 1. The Morgan fingerprint density at radius 1 is 1.43 bits per heavy atom. The number of carbonyl (C=O) groups excluding carboxylic acids is 1. The first-order valence-electron chi connectivity index (χ1n) is 8.64. The first kappa shape index (κ1) is 16.7. The van der Waals surface area contributed by atoms with Gasteiger partial charge >= 0.3 is 6.03 Å². The van der Waals surface area contributed by atoms with Crippen molar-refractivity contribution in [2.45, 2.75) is 38.3 Å². The SMILES string of the molecule is CC(c1ccsc1)N1CCN(C(=O)NCCC2CCCO2)CC1. The molecule has 0 aromatic carbocycles. The summed E-state index contributed by atoms with van der Waals surface area (Å²) in [5, 5.41) is 7.39. The topological polar surface area (TPSA) is 44.8 Å². The number of thiophene rings is 1. The van der Waals surface area contributed by atoms with Crippen LogP contribution in [0.5, 0.6) is 0 Å². The minimum atomic E-state index is 0.0748. The third kappa shape index (κ3) is 4.46. The maximum Gasteiger partial charge on any atom is 0.317 e. The number of nitrogens with zero attached hydrogens (tertiary/aromatic N) is 2. The van der Waals surface area contributed by atoms with Gasteiger partial charge in [0.2, 0.25) is 0 Å². The molecule has 3 rings (SSSR count). The molecule has 0 radical (unpaired) electrons. The zero-order valence-electron chi connectivity index (χ0n) is 13.9. The van der Waals surface area contributed by atoms with E-state index in [0.29, 0.717) is 12.1 Å². The van der Waals surface area contributed by atoms with E-state index in [4.69, 9.17) is 4.74 Å². The van der Waals surface area contributed by atoms with Crippen LogP contribution in [0.3, 0.4) is 0 Å². The molecule has 6 heteroatoms. The monoisotopic (exact) mass is 337 g/mol. The van der Waals surface area contributed by atoms with Gasteiger partial charge in [0.05, 0.1) is 6.10 Å². The van der Waals surface area contributed by atoms with E-state index in [-0.39, 0.29) is 6.03 Å². The van der Waals surface area contributed by atoms with E-state index in [1.807, 2.05) is 4.90 Å². The number of rotatable bonds is 5. The standard InChI is InChI=1S/C17H27N3O2S/c1-14(15-5-12-23-13-15)19-7-9-20(10-8-19)17(21)18-6-4-16-3-2-11-22-16/h5,12-14,16H,2-4,6-11H2,1H3,(H,18,21). The Morgan fingerprint density at radius 2 is 2.26 bits per heavy atom. The Kier molecular flexibility index (Phi) is 5.91. The van der Waals surface area contributed by atoms with Gasteiger partial charge in [0, 0.05) is 45.4 Å². The molecule has 2 aliphatic heterocycles. The van der Waals surface area contributed by atoms with Crippen LogP contribution in [0.15, 0.2) is 16.8 Å². The minimum Gasteiger partial charge on any atom is -0.378 e. The largest absolute Gasteiger partial charge is 0.378 e. The summed E-state index contributed by atoms with van der Waals surface area (Å²) in [5.74, 6) is 0. The fourth-order valence-electron chi connectivity index (χ4n) is 3.36. The van der Waals surface area contributed by atoms with Crippen molar-refractivity contribution in [1.82, 2.24) is 15.1 Å². The number of carbonyl (C=O) groups is 1. The number of hydrogen-bond acceptors (Lipinski definition) is 4. The van der Waals surface area contributed by atoms with Crippen LogP contribution in [0, 0.1) is 0 Å². The highest BCUT2D eigenvalue weighted by Crippen LogP contribution is 2.23. The van der Waals surface area contributed by atoms with Gasteiger partial charge in [-0.15, -0.1) is 0 Å². The average molecular weight is 337 g/mol. The highest BCUT2D eigenvalue weighted by molar-refractivity contribution is 7.07. The molecule has 1 aromatic heterocycles. The van der Waals surface area contributed by atoms with Crippen molar-refractivity contribution in [2.24, 2.45) is 0 Å². The number of hydrogen-bond donors (Lipinski definition) is 1. The van der Waals surface area contributed by atoms with Gasteiger partial charge in [-0.05, 0) is 48.6 Å². The quantitative estimate of drug-likeness (QED) is 0.898. The second-order valence-corrected chi connectivity index (χ2v) is 7.19. The van der Waals surface area contributed by atoms with Crippen LogP contribution in [0.1, 0.15) is 37.8 Å². The van der Waals surface area contributed by atoms with Gasteiger partial charge in [0.15, 0.2) is 0 Å². The van der Waals surface area contributed by atoms with E-state index in [2.05, 4.69) is 34.0 Å². The van der Waals surface area contributed by atoms with Crippen LogP contribution in [0.4, 0.5) is 4.79 Å². The summed E-state index contributed by atoms with van der Waals surface area (Å²) in [4.78, 5) is 16.6. The maximum atomic E-state index is 12.2. The number of piperazine rings is 1. The van der Waals surface area contributed by atoms with Crippen molar-refractivity contribution in [3.63, 3.8) is 0 Å². The molecule has 2 fully saturated rings. The van der Waals surface area contributed by atoms with Gasteiger partial charge < -0.3 is 15.0 Å². The molecule has 0 bridgehead atoms. The zero-order chi connectivity index (χ0) is 16.1. The van der Waals surface area contributed by atoms with Crippen molar-refractivity contribution in [2.75, 3.05) is 39.3 Å². The zero-order valence-corrected chi connectivity index (χ0v) is 14.7. The molecule has 0 aliphatic carbocycles. The van der Waals surface area contributed by atoms with Gasteiger partial charge in [-0.2, -0.15) is 11.3 Å². The summed E-state index contributed by atoms with van der Waals surface area (Å²) in [7, 11) is 0. The number of nitrogens with one attached hydrogen (secondary N) is 1. The molecule has 5 nitrogen and oxygen atoms in total. The summed E-state index contributed by atoms with van der Waals surface area (Å²) in [6.07, 6.45) is 3.57. The number of urea groups is 1. The van der Waals surface area contributed by atoms with Crippen molar-refractivity contribution in [1.29, 1.82) is 0 Å². The van der Waals surface area contributed by atoms with E-state index in [1.165, 1.54) is 5.56 Å². The molecular formula is C17H27N3O2S. The van der Waals surface area contributed by atoms with Crippen LogP contribution in [0.2, 0.25) is 0 Å². The van der Waals surface area contributed by atoms with Crippen molar-refractivity contribution in [3.05, 3.63) is 22.4 Å². The Balaban J connectivity index is 1.37. The molecule has 1 aromatic rings. The predicted octanol–water partition coefficient (Wildman–Crippen LogP) is 2.71. The fourth-order valence-corrected chi connectivity index (χ4v) is 4.11. The minimum absolute atomic E-state index is 0.0748. The Hall–Kier alpha value is -1.11. The summed E-state index contributed by atoms with van der Waals surface area (Å²) >= 11 is 1.75. The highest BCUT2D eigenvalue weighted by Gasteiger charge is 2.25. The Labute approximate surface area is 142 Å². The van der Waals surface area contributed by atoms with Gasteiger partial charge in [-0.25, -0.2) is 4.79 Å². The van der Waals surface area contributed by atoms with E-state index in [9.17, 15) is 4.79 Å². The third-order valence-corrected chi connectivity index (χ3v) is 5.64. The number of amides is 2. The van der Waals surface area contributed by atoms with Crippen LogP contribution in [-0.4, -0.2) is 61.3 Å². The van der Waals surface area contributed by atoms with Crippen molar-refractivity contribution >= 4 is 17.4 Å². The molecule has 2 unspecified atom stereocenters. The van der Waals surface area contributed by atoms with Crippen LogP contribution < -0.4 is 5.32 Å². The highest BCUT2D eigenvalue weighted by atomic mass is 32.1. The van der Waals surface area contributed by atoms with Crippen molar-refractivity contribution < 1.29 is 9.53 Å². The van der Waals surface area contributed by atoms with Gasteiger partial charge in [0.1, 0.15) is 0 Å². The van der Waals surface area contributed by atoms with Crippen LogP contribution in [0.25, 0.3) is 0 Å². The molecule has 2 atom stereocenters. The first-order chi connectivity index (χ1) is 11.2. The lowest BCUT2D eigenvalue weighted by atomic mass is 10.1. The lowest BCUT2D eigenvalue weighted by molar-refractivity contribution is 0.100. The molecule has 3 heterocycles. The molecular weight excluding hydrogens is 310 g/mol. The van der Waals surface area contributed by atoms with E-state index < -0.39 is 0 Å². The van der Waals surface area contributed by atoms with Gasteiger partial charge in [-0.1, -0.05) is 0 Å². The smallest absolute Gasteiger partial charge is 0.317 e. The second kappa shape index (κ2) is 8.13. The summed E-state index contributed by atoms with van der Waals surface area (Å²) in [6, 6.07) is 2.70. The molecule has 2 saturated heterocycles. The van der Waals surface area contributed by atoms with Crippen LogP contribution in [-0.2, 0) is 4.74 Å². The Morgan fingerprint density at radius 3 is 2.91 bits per heavy atom.